The summed E-state index contributed by atoms with van der Waals surface area (Å²) in [6.07, 6.45) is -4.70. The maximum Gasteiger partial charge on any atom is 0.573 e. The molecule has 0 saturated carbocycles. The lowest BCUT2D eigenvalue weighted by Gasteiger charge is -2.14. The van der Waals surface area contributed by atoms with Crippen molar-refractivity contribution in [3.8, 4) is 5.75 Å². The van der Waals surface area contributed by atoms with E-state index in [1.165, 1.54) is 23.9 Å². The summed E-state index contributed by atoms with van der Waals surface area (Å²) in [6.45, 7) is 6.90. The molecule has 0 heterocycles. The van der Waals surface area contributed by atoms with Crippen molar-refractivity contribution in [3.63, 3.8) is 0 Å². The van der Waals surface area contributed by atoms with E-state index < -0.39 is 6.36 Å². The second-order valence-electron chi connectivity index (χ2n) is 3.94. The van der Waals surface area contributed by atoms with Crippen molar-refractivity contribution in [1.29, 1.82) is 0 Å². The van der Waals surface area contributed by atoms with Crippen molar-refractivity contribution in [2.24, 2.45) is 4.99 Å². The molecular formula is C13H14F3NOS2. The third kappa shape index (κ3) is 4.79. The average molecular weight is 321 g/mol. The summed E-state index contributed by atoms with van der Waals surface area (Å²) in [4.78, 5) is 3.91. The summed E-state index contributed by atoms with van der Waals surface area (Å²) in [5.41, 5.74) is 2.65. The van der Waals surface area contributed by atoms with Crippen molar-refractivity contribution in [2.45, 2.75) is 20.2 Å². The summed E-state index contributed by atoms with van der Waals surface area (Å²) in [5.74, 6) is -0.235. The molecule has 20 heavy (non-hydrogen) atoms. The molecule has 0 aliphatic carbocycles. The van der Waals surface area contributed by atoms with Crippen molar-refractivity contribution in [1.82, 2.24) is 0 Å². The lowest BCUT2D eigenvalue weighted by Crippen LogP contribution is -2.17. The van der Waals surface area contributed by atoms with Gasteiger partial charge in [-0.15, -0.1) is 24.9 Å². The van der Waals surface area contributed by atoms with Gasteiger partial charge in [0, 0.05) is 10.6 Å². The summed E-state index contributed by atoms with van der Waals surface area (Å²) in [5, 5.41) is 2.35. The molecule has 0 bridgehead atoms. The van der Waals surface area contributed by atoms with Crippen molar-refractivity contribution >= 4 is 36.8 Å². The Morgan fingerprint density at radius 1 is 1.40 bits per heavy atom. The molecule has 110 valence electrons. The smallest absolute Gasteiger partial charge is 0.406 e. The second-order valence-corrected chi connectivity index (χ2v) is 5.54. The van der Waals surface area contributed by atoms with Crippen LogP contribution in [-0.2, 0) is 0 Å². The molecule has 0 N–H and O–H groups in total. The first-order valence-electron chi connectivity index (χ1n) is 5.55. The number of aryl methyl sites for hydroxylation is 2. The lowest BCUT2D eigenvalue weighted by atomic mass is 10.0. The average Bonchev–Trinajstić information content (AvgIpc) is 2.30. The van der Waals surface area contributed by atoms with Crippen LogP contribution in [0.4, 0.5) is 13.2 Å². The predicted octanol–water partition coefficient (Wildman–Crippen LogP) is 4.82. The van der Waals surface area contributed by atoms with Crippen LogP contribution in [0.15, 0.2) is 22.5 Å². The normalized spacial score (nSPS) is 12.4. The number of nitrogens with zero attached hydrogens (tertiary/aromatic N) is 1. The SMILES string of the molecule is C=N/C(=C\SCS)c1c(C)cc(OC(F)(F)F)cc1C. The van der Waals surface area contributed by atoms with Crippen LogP contribution >= 0.6 is 24.4 Å². The van der Waals surface area contributed by atoms with Gasteiger partial charge in [0.15, 0.2) is 0 Å². The zero-order valence-electron chi connectivity index (χ0n) is 11.0. The van der Waals surface area contributed by atoms with Crippen LogP contribution in [0.5, 0.6) is 5.75 Å². The highest BCUT2D eigenvalue weighted by atomic mass is 32.2. The van der Waals surface area contributed by atoms with E-state index in [9.17, 15) is 13.2 Å². The fourth-order valence-electron chi connectivity index (χ4n) is 1.81. The third-order valence-corrected chi connectivity index (χ3v) is 3.42. The highest BCUT2D eigenvalue weighted by molar-refractivity contribution is 8.11. The van der Waals surface area contributed by atoms with Gasteiger partial charge in [-0.2, -0.15) is 12.6 Å². The highest BCUT2D eigenvalue weighted by Crippen LogP contribution is 2.32. The van der Waals surface area contributed by atoms with Gasteiger partial charge in [-0.25, -0.2) is 0 Å². The van der Waals surface area contributed by atoms with Crippen LogP contribution < -0.4 is 4.74 Å². The molecule has 7 heteroatoms. The van der Waals surface area contributed by atoms with Gasteiger partial charge >= 0.3 is 6.36 Å². The zero-order valence-corrected chi connectivity index (χ0v) is 12.7. The van der Waals surface area contributed by atoms with Gasteiger partial charge in [0.25, 0.3) is 0 Å². The number of ether oxygens (including phenoxy) is 1. The maximum atomic E-state index is 12.2. The van der Waals surface area contributed by atoms with Gasteiger partial charge in [-0.1, -0.05) is 0 Å². The Hall–Kier alpha value is -1.08. The number of hydrogen-bond donors (Lipinski definition) is 1. The molecule has 0 fully saturated rings. The molecule has 0 radical (unpaired) electrons. The van der Waals surface area contributed by atoms with E-state index in [0.717, 1.165) is 5.56 Å². The Morgan fingerprint density at radius 3 is 2.35 bits per heavy atom. The maximum absolute atomic E-state index is 12.2. The fourth-order valence-corrected chi connectivity index (χ4v) is 2.46. The molecular weight excluding hydrogens is 307 g/mol. The van der Waals surface area contributed by atoms with Crippen molar-refractivity contribution in [2.75, 3.05) is 5.08 Å². The monoisotopic (exact) mass is 321 g/mol. The predicted molar refractivity (Wildman–Crippen MR) is 81.6 cm³/mol. The highest BCUT2D eigenvalue weighted by Gasteiger charge is 2.31. The molecule has 0 saturated heterocycles. The van der Waals surface area contributed by atoms with Crippen LogP contribution in [0.1, 0.15) is 16.7 Å². The molecule has 0 amide bonds. The number of alkyl halides is 3. The standard InChI is InChI=1S/C13H14F3NOS2/c1-8-4-10(18-13(14,15)16)5-9(2)12(8)11(17-3)6-20-7-19/h4-6,19H,3,7H2,1-2H3/b11-6-. The summed E-state index contributed by atoms with van der Waals surface area (Å²) in [6, 6.07) is 2.67. The Kier molecular flexibility index (Phi) is 6.01. The minimum Gasteiger partial charge on any atom is -0.406 e. The summed E-state index contributed by atoms with van der Waals surface area (Å²) in [7, 11) is 0. The van der Waals surface area contributed by atoms with E-state index in [4.69, 9.17) is 0 Å². The Morgan fingerprint density at radius 2 is 1.95 bits per heavy atom. The van der Waals surface area contributed by atoms with E-state index in [0.29, 0.717) is 21.9 Å². The number of thiol groups is 1. The quantitative estimate of drug-likeness (QED) is 0.477. The minimum absolute atomic E-state index is 0.235. The third-order valence-electron chi connectivity index (χ3n) is 2.44. The van der Waals surface area contributed by atoms with Gasteiger partial charge in [-0.3, -0.25) is 4.99 Å². The molecule has 0 aliphatic rings. The molecule has 0 aromatic heterocycles. The lowest BCUT2D eigenvalue weighted by molar-refractivity contribution is -0.274. The van der Waals surface area contributed by atoms with E-state index in [-0.39, 0.29) is 5.75 Å². The van der Waals surface area contributed by atoms with Crippen LogP contribution in [-0.4, -0.2) is 18.2 Å². The van der Waals surface area contributed by atoms with Crippen molar-refractivity contribution < 1.29 is 17.9 Å². The van der Waals surface area contributed by atoms with Gasteiger partial charge in [0.1, 0.15) is 5.75 Å². The number of thioether (sulfide) groups is 1. The van der Waals surface area contributed by atoms with E-state index in [1.807, 2.05) is 0 Å². The molecule has 0 unspecified atom stereocenters. The molecule has 1 aromatic rings. The molecule has 1 aromatic carbocycles. The topological polar surface area (TPSA) is 21.6 Å². The van der Waals surface area contributed by atoms with E-state index in [2.05, 4.69) is 29.1 Å². The number of hydrogen-bond acceptors (Lipinski definition) is 4. The second kappa shape index (κ2) is 7.08. The Balaban J connectivity index is 3.21. The van der Waals surface area contributed by atoms with Crippen LogP contribution in [0.3, 0.4) is 0 Å². The molecule has 2 nitrogen and oxygen atoms in total. The van der Waals surface area contributed by atoms with Gasteiger partial charge < -0.3 is 4.74 Å². The number of rotatable bonds is 5. The Bertz CT molecular complexity index is 504. The minimum atomic E-state index is -4.70. The fraction of sp³-hybridized carbons (Fsp3) is 0.308. The van der Waals surface area contributed by atoms with E-state index >= 15 is 0 Å². The van der Waals surface area contributed by atoms with Crippen molar-refractivity contribution in [3.05, 3.63) is 34.2 Å². The largest absolute Gasteiger partial charge is 0.573 e. The molecule has 0 aliphatic heterocycles. The molecule has 0 atom stereocenters. The Labute approximate surface area is 125 Å². The molecule has 1 rings (SSSR count). The summed E-state index contributed by atoms with van der Waals surface area (Å²) < 4.78 is 40.6. The van der Waals surface area contributed by atoms with Crippen LogP contribution in [0.2, 0.25) is 0 Å². The van der Waals surface area contributed by atoms with E-state index in [1.54, 1.807) is 19.3 Å². The first-order valence-corrected chi connectivity index (χ1v) is 7.23. The van der Waals surface area contributed by atoms with Gasteiger partial charge in [0.05, 0.1) is 5.70 Å². The van der Waals surface area contributed by atoms with Gasteiger partial charge in [0.2, 0.25) is 0 Å². The van der Waals surface area contributed by atoms with Crippen LogP contribution in [0.25, 0.3) is 5.70 Å². The number of benzene rings is 1. The van der Waals surface area contributed by atoms with Gasteiger partial charge in [-0.05, 0) is 49.2 Å². The first-order chi connectivity index (χ1) is 9.28. The summed E-state index contributed by atoms with van der Waals surface area (Å²) >= 11 is 5.50. The molecule has 0 spiro atoms. The zero-order chi connectivity index (χ0) is 15.3. The number of aliphatic imine (C=N–C) groups is 1. The van der Waals surface area contributed by atoms with Crippen LogP contribution in [0, 0.1) is 13.8 Å². The number of halogens is 3. The first kappa shape index (κ1) is 17.0.